The van der Waals surface area contributed by atoms with Crippen LogP contribution in [-0.4, -0.2) is 207 Å². The molecule has 1 aromatic carbocycles. The van der Waals surface area contributed by atoms with Gasteiger partial charge in [-0.2, -0.15) is 8.42 Å². The minimum Gasteiger partial charge on any atom is -0.477 e. The molecule has 1 unspecified atom stereocenters. The Morgan fingerprint density at radius 2 is 1.55 bits per heavy atom. The van der Waals surface area contributed by atoms with Crippen molar-refractivity contribution in [3.63, 3.8) is 0 Å². The summed E-state index contributed by atoms with van der Waals surface area (Å²) in [5.74, 6) is -6.70. The number of benzene rings is 1. The van der Waals surface area contributed by atoms with E-state index in [-0.39, 0.29) is 61.9 Å². The van der Waals surface area contributed by atoms with Gasteiger partial charge in [0, 0.05) is 87.4 Å². The highest BCUT2D eigenvalue weighted by Crippen LogP contribution is 2.43. The van der Waals surface area contributed by atoms with Gasteiger partial charge in [0.05, 0.1) is 72.1 Å². The van der Waals surface area contributed by atoms with E-state index in [9.17, 15) is 48.0 Å². The van der Waals surface area contributed by atoms with Crippen molar-refractivity contribution >= 4 is 44.4 Å². The van der Waals surface area contributed by atoms with Crippen LogP contribution in [0.15, 0.2) is 23.1 Å². The summed E-state index contributed by atoms with van der Waals surface area (Å²) < 4.78 is 85.9. The number of carbonyl (C=O) groups excluding carboxylic acids is 2. The Morgan fingerprint density at radius 3 is 2.18 bits per heavy atom. The number of nitrogens with one attached hydrogen (secondary N) is 2. The number of pyridine rings is 1. The van der Waals surface area contributed by atoms with Crippen molar-refractivity contribution in [3.05, 3.63) is 39.7 Å². The lowest BCUT2D eigenvalue weighted by molar-refractivity contribution is -0.317. The first kappa shape index (κ1) is 67.4. The second-order valence-electron chi connectivity index (χ2n) is 24.3. The summed E-state index contributed by atoms with van der Waals surface area (Å²) in [7, 11) is 2.39. The first-order chi connectivity index (χ1) is 38.3. The van der Waals surface area contributed by atoms with Gasteiger partial charge >= 0.3 is 11.9 Å². The van der Waals surface area contributed by atoms with E-state index in [1.165, 1.54) is 34.3 Å². The molecular formula is C58H94N4O19S. The molecule has 0 bridgehead atoms. The monoisotopic (exact) mass is 1180 g/mol. The molecule has 3 fully saturated rings. The Labute approximate surface area is 483 Å². The van der Waals surface area contributed by atoms with Gasteiger partial charge in [-0.05, 0) is 112 Å². The summed E-state index contributed by atoms with van der Waals surface area (Å²) in [6.45, 7) is 19.9. The molecule has 2 aromatic rings. The molecule has 23 nitrogen and oxygen atoms in total. The van der Waals surface area contributed by atoms with Crippen molar-refractivity contribution in [2.45, 2.75) is 205 Å². The fourth-order valence-electron chi connectivity index (χ4n) is 12.7. The Hall–Kier alpha value is -3.73. The Morgan fingerprint density at radius 1 is 0.890 bits per heavy atom. The first-order valence-corrected chi connectivity index (χ1v) is 30.5. The number of aliphatic hydroxyl groups is 3. The van der Waals surface area contributed by atoms with E-state index in [0.29, 0.717) is 37.2 Å². The SMILES string of the molecule is CC[C@H]1OC(=O)[C@H](C)[C@@H](O[C@H]2C[C@@](C)(OC)[C@@H](OS(=O)(=O)CCNCCOCCNc3cc4c5c(c3)c(=O)c(C(=O)O)cn5C(C)CC4)[C@H](C)O2)[C@H](C)[C@@H](O[C@@H]2O[C@H](C)C[C@H](N(C)C)[C@H]2O)[C@](C)(OC)C[C@@H](C)C(=O)[C@H](C)[C@@H](O)[C@]1(C)O. The van der Waals surface area contributed by atoms with Crippen molar-refractivity contribution in [1.29, 1.82) is 0 Å². The fraction of sp³-hybridized carbons (Fsp3) is 0.793. The molecule has 4 aliphatic rings. The molecule has 0 aliphatic carbocycles. The van der Waals surface area contributed by atoms with Crippen LogP contribution in [0.5, 0.6) is 0 Å². The Bertz CT molecular complexity index is 2690. The number of carboxylic acids is 1. The molecule has 19 atom stereocenters. The number of aliphatic hydroxyl groups excluding tert-OH is 2. The zero-order valence-corrected chi connectivity index (χ0v) is 51.5. The van der Waals surface area contributed by atoms with E-state index in [4.69, 9.17) is 42.1 Å². The highest BCUT2D eigenvalue weighted by Gasteiger charge is 2.55. The highest BCUT2D eigenvalue weighted by atomic mass is 32.2. The molecule has 0 amide bonds. The molecule has 3 saturated heterocycles. The number of aryl methyl sites for hydroxylation is 1. The van der Waals surface area contributed by atoms with Crippen molar-refractivity contribution in [2.24, 2.45) is 23.7 Å². The van der Waals surface area contributed by atoms with Gasteiger partial charge in [0.25, 0.3) is 10.1 Å². The zero-order chi connectivity index (χ0) is 61.0. The number of Topliss-reactive ketones (excluding diaryl/α,β-unsaturated/α-hetero) is 1. The van der Waals surface area contributed by atoms with Crippen molar-refractivity contribution < 1.29 is 85.3 Å². The molecule has 4 aliphatic heterocycles. The Balaban J connectivity index is 1.13. The number of aromatic carboxylic acids is 1. The number of likely N-dealkylation sites (N-methyl/N-ethyl adjacent to an activating group) is 1. The fourth-order valence-corrected chi connectivity index (χ4v) is 13.8. The maximum Gasteiger partial charge on any atom is 0.341 e. The van der Waals surface area contributed by atoms with Gasteiger partial charge in [-0.3, -0.25) is 18.6 Å². The molecule has 24 heteroatoms. The maximum absolute atomic E-state index is 14.6. The number of anilines is 1. The summed E-state index contributed by atoms with van der Waals surface area (Å²) in [5.41, 5.74) is -3.16. The second kappa shape index (κ2) is 27.8. The third-order valence-electron chi connectivity index (χ3n) is 17.7. The predicted octanol–water partition coefficient (Wildman–Crippen LogP) is 4.03. The average Bonchev–Trinajstić information content (AvgIpc) is 3.46. The molecule has 6 N–H and O–H groups in total. The van der Waals surface area contributed by atoms with Gasteiger partial charge in [-0.15, -0.1) is 0 Å². The molecule has 5 heterocycles. The molecule has 0 radical (unpaired) electrons. The predicted molar refractivity (Wildman–Crippen MR) is 304 cm³/mol. The number of carboxylic acid groups (broad SMARTS) is 1. The summed E-state index contributed by atoms with van der Waals surface area (Å²) in [6.07, 6.45) is -7.56. The molecular weight excluding hydrogens is 1090 g/mol. The highest BCUT2D eigenvalue weighted by molar-refractivity contribution is 7.86. The van der Waals surface area contributed by atoms with Crippen molar-refractivity contribution in [1.82, 2.24) is 14.8 Å². The molecule has 466 valence electrons. The number of ether oxygens (including phenoxy) is 8. The quantitative estimate of drug-likeness (QED) is 0.0584. The third-order valence-corrected chi connectivity index (χ3v) is 19.0. The van der Waals surface area contributed by atoms with Crippen LogP contribution in [0.3, 0.4) is 0 Å². The normalized spacial score (nSPS) is 37.2. The van der Waals surface area contributed by atoms with E-state index in [1.807, 2.05) is 43.5 Å². The largest absolute Gasteiger partial charge is 0.477 e. The van der Waals surface area contributed by atoms with E-state index in [0.717, 1.165) is 23.9 Å². The molecule has 0 spiro atoms. The molecule has 82 heavy (non-hydrogen) atoms. The van der Waals surface area contributed by atoms with Crippen LogP contribution in [0.25, 0.3) is 10.9 Å². The van der Waals surface area contributed by atoms with Gasteiger partial charge in [0.1, 0.15) is 35.3 Å². The summed E-state index contributed by atoms with van der Waals surface area (Å²) in [5, 5.41) is 51.7. The smallest absolute Gasteiger partial charge is 0.341 e. The molecule has 0 saturated carbocycles. The zero-order valence-electron chi connectivity index (χ0n) is 50.7. The van der Waals surface area contributed by atoms with Crippen LogP contribution >= 0.6 is 0 Å². The minimum absolute atomic E-state index is 0.0310. The van der Waals surface area contributed by atoms with Crippen LogP contribution < -0.4 is 16.1 Å². The number of esters is 1. The van der Waals surface area contributed by atoms with Crippen LogP contribution in [0.4, 0.5) is 5.69 Å². The number of cyclic esters (lactones) is 1. The summed E-state index contributed by atoms with van der Waals surface area (Å²) >= 11 is 0. The van der Waals surface area contributed by atoms with Crippen LogP contribution in [0.1, 0.15) is 130 Å². The van der Waals surface area contributed by atoms with Crippen molar-refractivity contribution in [3.8, 4) is 0 Å². The molecule has 1 aromatic heterocycles. The van der Waals surface area contributed by atoms with Gasteiger partial charge in [0.15, 0.2) is 12.6 Å². The number of nitrogens with zero attached hydrogens (tertiary/aromatic N) is 2. The lowest BCUT2D eigenvalue weighted by Gasteiger charge is -2.50. The lowest BCUT2D eigenvalue weighted by Crippen LogP contribution is -2.62. The Kier molecular flexibility index (Phi) is 22.8. The van der Waals surface area contributed by atoms with E-state index in [2.05, 4.69) is 10.6 Å². The van der Waals surface area contributed by atoms with Crippen molar-refractivity contribution in [2.75, 3.05) is 72.2 Å². The number of ketones is 1. The number of aromatic nitrogens is 1. The standard InChI is InChI=1S/C58H94N4O19S/c1-16-43-58(11,70)50(66)34(5)46(63)31(2)28-56(9,73-14)51(80-55-48(65)42(61(12)13)25-33(4)76-55)35(6)49(36(7)54(69)78-43)79-44-29-57(10,74-15)52(37(8)77-44)81-82(71,72)24-21-59-19-22-75-23-20-60-39-26-38-18-17-32(3)62-30-41(53(67)68)47(64)40(27-39)45(38)62/h26-27,30-37,42-44,48-52,55,59-60,65-66,70H,16-25,28-29H2,1-15H3,(H,67,68)/t31-,32?,33-,34+,35+,36-,37+,42+,43-,44+,48-,49+,50-,51-,52+,55+,56-,57-,58-/m1/s1. The van der Waals surface area contributed by atoms with E-state index >= 15 is 0 Å². The summed E-state index contributed by atoms with van der Waals surface area (Å²) in [6, 6.07) is 3.35. The van der Waals surface area contributed by atoms with Gasteiger partial charge < -0.3 is 78.4 Å². The first-order valence-electron chi connectivity index (χ1n) is 28.9. The van der Waals surface area contributed by atoms with Gasteiger partial charge in [0.2, 0.25) is 5.43 Å². The van der Waals surface area contributed by atoms with E-state index in [1.54, 1.807) is 54.5 Å². The minimum atomic E-state index is -4.21. The average molecular weight is 1180 g/mol. The number of rotatable bonds is 21. The van der Waals surface area contributed by atoms with E-state index < -0.39 is 129 Å². The number of hydrogen-bond acceptors (Lipinski definition) is 21. The van der Waals surface area contributed by atoms with Crippen LogP contribution in [-0.2, 0) is 68.2 Å². The number of methoxy groups -OCH3 is 2. The lowest BCUT2D eigenvalue weighted by atomic mass is 9.74. The van der Waals surface area contributed by atoms with Gasteiger partial charge in [-0.1, -0.05) is 27.7 Å². The third kappa shape index (κ3) is 15.1. The molecule has 6 rings (SSSR count). The van der Waals surface area contributed by atoms with Crippen LogP contribution in [0, 0.1) is 23.7 Å². The summed E-state index contributed by atoms with van der Waals surface area (Å²) in [4.78, 5) is 55.7. The topological polar surface area (TPSA) is 299 Å². The number of hydrogen-bond donors (Lipinski definition) is 6. The van der Waals surface area contributed by atoms with Crippen LogP contribution in [0.2, 0.25) is 0 Å². The second-order valence-corrected chi connectivity index (χ2v) is 26.0. The van der Waals surface area contributed by atoms with Gasteiger partial charge in [-0.25, -0.2) is 4.79 Å². The number of carbonyl (C=O) groups is 3. The maximum atomic E-state index is 14.6.